The van der Waals surface area contributed by atoms with E-state index in [1.807, 2.05) is 0 Å². The summed E-state index contributed by atoms with van der Waals surface area (Å²) < 4.78 is 136. The highest BCUT2D eigenvalue weighted by atomic mass is 16.8. The van der Waals surface area contributed by atoms with Crippen molar-refractivity contribution in [3.8, 4) is 0 Å². The fourth-order valence-corrected chi connectivity index (χ4v) is 15.4. The standard InChI is InChI=1S/C27H48O6.C25H44O9.C25H44O8/c1-18(2)12-20-8-10-21(11-9-20)13-24-17-29-26(32-24)14-25-28-15-22(31-25)6-5-7-23-16-30-27(33-23)19(3)4;1-16(2)8-22-27-12-18(31-22)6-5-7-19-13-28-23(32-19)9-24-29-14-20(33-24)10-26-11-21-15-30-25(34-21)17(3)4;1-16(2)10-22-26-13-20(31-22)8-9-21-14-28-24(32-21)11-23-27-12-18(30-23)6-5-7-19-15-29-25(33-19)17(3)4/h18-27H,5-17H2,1-4H3;16-25H,5-15H2,1-4H3;16-25H,5-15H2,1-4H3. The first kappa shape index (κ1) is 81.6. The summed E-state index contributed by atoms with van der Waals surface area (Å²) in [4.78, 5) is 0. The fraction of sp³-hybridized carbons (Fsp3) is 1.00. The Hall–Kier alpha value is -0.920. The van der Waals surface area contributed by atoms with Crippen LogP contribution in [0, 0.1) is 47.3 Å². The summed E-state index contributed by atoms with van der Waals surface area (Å²) in [6.07, 6.45) is 22.3. The molecule has 1 saturated carbocycles. The molecule has 0 aromatic rings. The van der Waals surface area contributed by atoms with Crippen molar-refractivity contribution in [2.75, 3.05) is 85.9 Å². The lowest BCUT2D eigenvalue weighted by atomic mass is 9.77. The smallest absolute Gasteiger partial charge is 0.163 e. The minimum atomic E-state index is -0.323. The Morgan fingerprint density at radius 3 is 0.840 bits per heavy atom. The predicted molar refractivity (Wildman–Crippen MR) is 369 cm³/mol. The van der Waals surface area contributed by atoms with Crippen LogP contribution in [0.1, 0.15) is 224 Å². The first-order chi connectivity index (χ1) is 48.3. The average molecular weight is 1430 g/mol. The van der Waals surface area contributed by atoms with Gasteiger partial charge in [0.2, 0.25) is 0 Å². The summed E-state index contributed by atoms with van der Waals surface area (Å²) in [5.74, 6) is 4.88. The van der Waals surface area contributed by atoms with Gasteiger partial charge >= 0.3 is 0 Å². The summed E-state index contributed by atoms with van der Waals surface area (Å²) >= 11 is 0. The highest BCUT2D eigenvalue weighted by Gasteiger charge is 2.40. The second-order valence-corrected chi connectivity index (χ2v) is 32.9. The molecule has 582 valence electrons. The van der Waals surface area contributed by atoms with Gasteiger partial charge in [0.15, 0.2) is 69.2 Å². The zero-order chi connectivity index (χ0) is 70.3. The molecule has 0 amide bonds. The van der Waals surface area contributed by atoms with Gasteiger partial charge in [-0.3, -0.25) is 0 Å². The summed E-state index contributed by atoms with van der Waals surface area (Å²) in [7, 11) is 0. The molecule has 0 radical (unpaired) electrons. The fourth-order valence-electron chi connectivity index (χ4n) is 15.4. The second kappa shape index (κ2) is 42.7. The van der Waals surface area contributed by atoms with E-state index >= 15 is 0 Å². The minimum absolute atomic E-state index is 0.0167. The lowest BCUT2D eigenvalue weighted by Gasteiger charge is -2.30. The quantitative estimate of drug-likeness (QED) is 0.0570. The number of rotatable bonds is 36. The van der Waals surface area contributed by atoms with E-state index in [1.54, 1.807) is 0 Å². The Kier molecular flexibility index (Phi) is 34.9. The lowest BCUT2D eigenvalue weighted by molar-refractivity contribution is -0.143. The van der Waals surface area contributed by atoms with Gasteiger partial charge < -0.3 is 109 Å². The van der Waals surface area contributed by atoms with Gasteiger partial charge in [-0.05, 0) is 113 Å². The van der Waals surface area contributed by atoms with Crippen LogP contribution in [-0.4, -0.2) is 222 Å². The van der Waals surface area contributed by atoms with E-state index in [2.05, 4.69) is 83.1 Å². The Balaban J connectivity index is 0.000000162. The topological polar surface area (TPSA) is 212 Å². The van der Waals surface area contributed by atoms with Crippen LogP contribution < -0.4 is 0 Å². The minimum Gasteiger partial charge on any atom is -0.376 e. The third-order valence-electron chi connectivity index (χ3n) is 20.9. The Bertz CT molecular complexity index is 2180. The molecule has 12 aliphatic rings. The zero-order valence-corrected chi connectivity index (χ0v) is 63.5. The van der Waals surface area contributed by atoms with E-state index < -0.39 is 0 Å². The summed E-state index contributed by atoms with van der Waals surface area (Å²) in [6.45, 7) is 34.2. The van der Waals surface area contributed by atoms with Gasteiger partial charge in [0.1, 0.15) is 12.2 Å². The van der Waals surface area contributed by atoms with Gasteiger partial charge in [-0.1, -0.05) is 109 Å². The molecule has 100 heavy (non-hydrogen) atoms. The zero-order valence-electron chi connectivity index (χ0n) is 63.5. The maximum absolute atomic E-state index is 6.22. The van der Waals surface area contributed by atoms with Gasteiger partial charge in [0.05, 0.1) is 141 Å². The van der Waals surface area contributed by atoms with E-state index in [0.29, 0.717) is 135 Å². The van der Waals surface area contributed by atoms with Crippen LogP contribution in [0.15, 0.2) is 0 Å². The molecule has 1 aliphatic carbocycles. The number of hydrogen-bond donors (Lipinski definition) is 0. The van der Waals surface area contributed by atoms with Gasteiger partial charge in [-0.15, -0.1) is 0 Å². The molecule has 11 aliphatic heterocycles. The third-order valence-corrected chi connectivity index (χ3v) is 20.9. The first-order valence-electron chi connectivity index (χ1n) is 39.9. The Morgan fingerprint density at radius 2 is 0.490 bits per heavy atom. The van der Waals surface area contributed by atoms with Gasteiger partial charge in [0, 0.05) is 49.9 Å². The SMILES string of the molecule is CC(C)CC1CCC(CC2COC(CC3OCC(CCCC4COC(C(C)C)O4)O3)O2)CC1.CC(C)CC1OCC(CCC2COC(CC3OCC(CCCC4COC(C(C)C)O4)O3)O2)O1.CC(C)CC1OCC(CCCC2COC(CC3OCC(COCC4COC(C(C)C)O4)O3)O2)O1. The Morgan fingerprint density at radius 1 is 0.240 bits per heavy atom. The molecular formula is C77H136O23. The highest BCUT2D eigenvalue weighted by Crippen LogP contribution is 2.38. The van der Waals surface area contributed by atoms with Crippen LogP contribution in [0.2, 0.25) is 0 Å². The van der Waals surface area contributed by atoms with Crippen molar-refractivity contribution in [2.45, 2.75) is 361 Å². The largest absolute Gasteiger partial charge is 0.376 e. The van der Waals surface area contributed by atoms with E-state index in [9.17, 15) is 0 Å². The van der Waals surface area contributed by atoms with Crippen LogP contribution in [0.5, 0.6) is 0 Å². The van der Waals surface area contributed by atoms with Gasteiger partial charge in [-0.2, -0.15) is 0 Å². The molecule has 0 aromatic carbocycles. The molecule has 0 spiro atoms. The summed E-state index contributed by atoms with van der Waals surface area (Å²) in [5.41, 5.74) is 0. The molecule has 11 heterocycles. The number of ether oxygens (including phenoxy) is 23. The van der Waals surface area contributed by atoms with Gasteiger partial charge in [-0.25, -0.2) is 0 Å². The lowest BCUT2D eigenvalue weighted by Crippen LogP contribution is -2.26. The van der Waals surface area contributed by atoms with E-state index in [0.717, 1.165) is 108 Å². The molecular weight excluding hydrogens is 1290 g/mol. The normalized spacial score (nSPS) is 39.3. The highest BCUT2D eigenvalue weighted by molar-refractivity contribution is 4.82. The van der Waals surface area contributed by atoms with Crippen molar-refractivity contribution in [2.24, 2.45) is 47.3 Å². The van der Waals surface area contributed by atoms with Crippen LogP contribution in [0.25, 0.3) is 0 Å². The maximum atomic E-state index is 6.22. The molecule has 22 unspecified atom stereocenters. The molecule has 12 rings (SSSR count). The van der Waals surface area contributed by atoms with Crippen LogP contribution >= 0.6 is 0 Å². The molecule has 0 aromatic heterocycles. The monoisotopic (exact) mass is 1430 g/mol. The molecule has 22 atom stereocenters. The molecule has 23 nitrogen and oxygen atoms in total. The van der Waals surface area contributed by atoms with Crippen LogP contribution in [0.4, 0.5) is 0 Å². The Labute approximate surface area is 600 Å². The van der Waals surface area contributed by atoms with Gasteiger partial charge in [0.25, 0.3) is 0 Å². The number of hydrogen-bond acceptors (Lipinski definition) is 23. The second-order valence-electron chi connectivity index (χ2n) is 32.9. The van der Waals surface area contributed by atoms with E-state index in [1.165, 1.54) is 32.1 Å². The van der Waals surface area contributed by atoms with E-state index in [-0.39, 0.29) is 136 Å². The van der Waals surface area contributed by atoms with E-state index in [4.69, 9.17) is 109 Å². The maximum Gasteiger partial charge on any atom is 0.163 e. The molecule has 23 heteroatoms. The molecule has 0 bridgehead atoms. The third kappa shape index (κ3) is 28.6. The first-order valence-corrected chi connectivity index (χ1v) is 39.9. The van der Waals surface area contributed by atoms with Crippen molar-refractivity contribution >= 4 is 0 Å². The average Bonchev–Trinajstić information content (AvgIpc) is 1.68. The van der Waals surface area contributed by atoms with Crippen molar-refractivity contribution in [3.63, 3.8) is 0 Å². The summed E-state index contributed by atoms with van der Waals surface area (Å²) in [6, 6.07) is 0. The van der Waals surface area contributed by atoms with Crippen molar-refractivity contribution in [3.05, 3.63) is 0 Å². The molecule has 12 fully saturated rings. The van der Waals surface area contributed by atoms with Crippen LogP contribution in [0.3, 0.4) is 0 Å². The predicted octanol–water partition coefficient (Wildman–Crippen LogP) is 12.9. The molecule has 0 N–H and O–H groups in total. The van der Waals surface area contributed by atoms with Crippen molar-refractivity contribution in [1.82, 2.24) is 0 Å². The van der Waals surface area contributed by atoms with Crippen molar-refractivity contribution in [1.29, 1.82) is 0 Å². The summed E-state index contributed by atoms with van der Waals surface area (Å²) in [5, 5.41) is 0. The van der Waals surface area contributed by atoms with Crippen LogP contribution in [-0.2, 0) is 109 Å². The van der Waals surface area contributed by atoms with Crippen molar-refractivity contribution < 1.29 is 109 Å². The molecule has 11 saturated heterocycles.